The van der Waals surface area contributed by atoms with Crippen LogP contribution in [0.4, 0.5) is 0 Å². The van der Waals surface area contributed by atoms with Crippen molar-refractivity contribution < 1.29 is 4.74 Å². The van der Waals surface area contributed by atoms with Crippen LogP contribution in [0.3, 0.4) is 0 Å². The van der Waals surface area contributed by atoms with E-state index in [1.807, 2.05) is 0 Å². The Morgan fingerprint density at radius 1 is 1.29 bits per heavy atom. The summed E-state index contributed by atoms with van der Waals surface area (Å²) in [6, 6.07) is 11.3. The molecule has 0 spiro atoms. The highest BCUT2D eigenvalue weighted by Gasteiger charge is 2.33. The number of hydrogen-bond acceptors (Lipinski definition) is 3. The Balaban J connectivity index is 2.11. The largest absolute Gasteiger partial charge is 0.379 e. The highest BCUT2D eigenvalue weighted by atomic mass is 16.5. The lowest BCUT2D eigenvalue weighted by Crippen LogP contribution is -2.58. The van der Waals surface area contributed by atoms with E-state index in [2.05, 4.69) is 68.2 Å². The van der Waals surface area contributed by atoms with E-state index in [1.165, 1.54) is 5.56 Å². The van der Waals surface area contributed by atoms with Crippen molar-refractivity contribution in [2.45, 2.75) is 51.3 Å². The normalized spacial score (nSPS) is 23.2. The van der Waals surface area contributed by atoms with E-state index in [1.54, 1.807) is 7.11 Å². The molecule has 0 aromatic heterocycles. The van der Waals surface area contributed by atoms with Gasteiger partial charge in [0.25, 0.3) is 0 Å². The lowest BCUT2D eigenvalue weighted by Gasteiger charge is -2.45. The number of piperazine rings is 1. The minimum atomic E-state index is -0.0593. The van der Waals surface area contributed by atoms with Gasteiger partial charge in [0, 0.05) is 38.3 Å². The topological polar surface area (TPSA) is 24.5 Å². The fraction of sp³-hybridized carbons (Fsp3) is 0.667. The first-order valence-corrected chi connectivity index (χ1v) is 7.92. The fourth-order valence-electron chi connectivity index (χ4n) is 2.93. The summed E-state index contributed by atoms with van der Waals surface area (Å²) in [6.45, 7) is 12.0. The maximum absolute atomic E-state index is 5.58. The molecule has 0 amide bonds. The van der Waals surface area contributed by atoms with Crippen LogP contribution in [0.15, 0.2) is 30.3 Å². The quantitative estimate of drug-likeness (QED) is 0.901. The van der Waals surface area contributed by atoms with Crippen LogP contribution in [0, 0.1) is 0 Å². The summed E-state index contributed by atoms with van der Waals surface area (Å²) < 4.78 is 5.58. The van der Waals surface area contributed by atoms with E-state index in [0.717, 1.165) is 26.1 Å². The van der Waals surface area contributed by atoms with Crippen molar-refractivity contribution >= 4 is 0 Å². The van der Waals surface area contributed by atoms with Gasteiger partial charge in [-0.1, -0.05) is 30.3 Å². The van der Waals surface area contributed by atoms with Crippen molar-refractivity contribution in [3.8, 4) is 0 Å². The molecule has 1 aliphatic rings. The smallest absolute Gasteiger partial charge is 0.0634 e. The third kappa shape index (κ3) is 4.53. The zero-order valence-electron chi connectivity index (χ0n) is 14.1. The predicted octanol–water partition coefficient (Wildman–Crippen LogP) is 3.23. The molecular weight excluding hydrogens is 260 g/mol. The Labute approximate surface area is 129 Å². The Bertz CT molecular complexity index is 442. The summed E-state index contributed by atoms with van der Waals surface area (Å²) in [6.07, 6.45) is 1.04. The van der Waals surface area contributed by atoms with Crippen molar-refractivity contribution in [2.75, 3.05) is 26.7 Å². The van der Waals surface area contributed by atoms with E-state index in [0.29, 0.717) is 6.04 Å². The highest BCUT2D eigenvalue weighted by molar-refractivity contribution is 5.20. The second kappa shape index (κ2) is 6.47. The highest BCUT2D eigenvalue weighted by Crippen LogP contribution is 2.28. The number of hydrogen-bond donors (Lipinski definition) is 1. The van der Waals surface area contributed by atoms with Crippen molar-refractivity contribution in [1.29, 1.82) is 0 Å². The Morgan fingerprint density at radius 3 is 2.57 bits per heavy atom. The molecule has 3 heteroatoms. The average molecular weight is 290 g/mol. The second-order valence-corrected chi connectivity index (χ2v) is 7.38. The zero-order chi connectivity index (χ0) is 15.5. The zero-order valence-corrected chi connectivity index (χ0v) is 14.1. The van der Waals surface area contributed by atoms with Gasteiger partial charge < -0.3 is 10.1 Å². The van der Waals surface area contributed by atoms with E-state index in [4.69, 9.17) is 4.74 Å². The number of ether oxygens (including phenoxy) is 1. The van der Waals surface area contributed by atoms with Crippen LogP contribution in [0.25, 0.3) is 0 Å². The lowest BCUT2D eigenvalue weighted by atomic mass is 9.93. The van der Waals surface area contributed by atoms with Crippen LogP contribution >= 0.6 is 0 Å². The molecule has 3 nitrogen and oxygen atoms in total. The summed E-state index contributed by atoms with van der Waals surface area (Å²) in [5.41, 5.74) is 1.51. The molecule has 1 saturated heterocycles. The molecule has 0 bridgehead atoms. The summed E-state index contributed by atoms with van der Waals surface area (Å²) in [7, 11) is 1.80. The first-order chi connectivity index (χ1) is 9.83. The molecule has 1 N–H and O–H groups in total. The molecule has 118 valence electrons. The van der Waals surface area contributed by atoms with E-state index in [-0.39, 0.29) is 11.1 Å². The molecule has 0 radical (unpaired) electrons. The maximum Gasteiger partial charge on any atom is 0.0634 e. The molecule has 0 aliphatic carbocycles. The van der Waals surface area contributed by atoms with Gasteiger partial charge in [-0.3, -0.25) is 4.90 Å². The number of nitrogens with one attached hydrogen (secondary N) is 1. The average Bonchev–Trinajstić information content (AvgIpc) is 2.45. The number of benzene rings is 1. The third-order valence-corrected chi connectivity index (χ3v) is 4.55. The van der Waals surface area contributed by atoms with Gasteiger partial charge in [-0.15, -0.1) is 0 Å². The Kier molecular flexibility index (Phi) is 5.07. The molecule has 1 aliphatic heterocycles. The first-order valence-electron chi connectivity index (χ1n) is 7.92. The minimum absolute atomic E-state index is 0.0593. The summed E-state index contributed by atoms with van der Waals surface area (Å²) >= 11 is 0. The number of nitrogens with zero attached hydrogens (tertiary/aromatic N) is 1. The van der Waals surface area contributed by atoms with Crippen molar-refractivity contribution in [3.05, 3.63) is 35.9 Å². The molecule has 1 aromatic carbocycles. The first kappa shape index (κ1) is 16.5. The van der Waals surface area contributed by atoms with Gasteiger partial charge >= 0.3 is 0 Å². The predicted molar refractivity (Wildman–Crippen MR) is 88.5 cm³/mol. The fourth-order valence-corrected chi connectivity index (χ4v) is 2.93. The molecule has 1 aromatic rings. The molecular formula is C18H30N2O. The van der Waals surface area contributed by atoms with E-state index in [9.17, 15) is 0 Å². The summed E-state index contributed by atoms with van der Waals surface area (Å²) in [5.74, 6) is 0. The molecule has 1 heterocycles. The second-order valence-electron chi connectivity index (χ2n) is 7.38. The Morgan fingerprint density at radius 2 is 1.95 bits per heavy atom. The van der Waals surface area contributed by atoms with Crippen LogP contribution in [0.1, 0.15) is 45.7 Å². The molecule has 0 saturated carbocycles. The molecule has 1 unspecified atom stereocenters. The van der Waals surface area contributed by atoms with Gasteiger partial charge in [-0.2, -0.15) is 0 Å². The lowest BCUT2D eigenvalue weighted by molar-refractivity contribution is -0.00413. The van der Waals surface area contributed by atoms with Gasteiger partial charge in [0.1, 0.15) is 0 Å². The molecule has 1 fully saturated rings. The van der Waals surface area contributed by atoms with Crippen LogP contribution in [-0.2, 0) is 4.74 Å². The molecule has 2 rings (SSSR count). The minimum Gasteiger partial charge on any atom is -0.379 e. The maximum atomic E-state index is 5.58. The third-order valence-electron chi connectivity index (χ3n) is 4.55. The van der Waals surface area contributed by atoms with Gasteiger partial charge in [0.15, 0.2) is 0 Å². The van der Waals surface area contributed by atoms with E-state index < -0.39 is 0 Å². The van der Waals surface area contributed by atoms with Crippen LogP contribution in [-0.4, -0.2) is 42.8 Å². The number of rotatable bonds is 5. The monoisotopic (exact) mass is 290 g/mol. The van der Waals surface area contributed by atoms with Crippen molar-refractivity contribution in [2.24, 2.45) is 0 Å². The van der Waals surface area contributed by atoms with E-state index >= 15 is 0 Å². The van der Waals surface area contributed by atoms with Crippen LogP contribution < -0.4 is 5.32 Å². The van der Waals surface area contributed by atoms with Gasteiger partial charge in [-0.25, -0.2) is 0 Å². The van der Waals surface area contributed by atoms with Crippen LogP contribution in [0.5, 0.6) is 0 Å². The van der Waals surface area contributed by atoms with Crippen molar-refractivity contribution in [3.63, 3.8) is 0 Å². The molecule has 1 atom stereocenters. The number of methoxy groups -OCH3 is 1. The van der Waals surface area contributed by atoms with Crippen molar-refractivity contribution in [1.82, 2.24) is 10.2 Å². The Hall–Kier alpha value is -0.900. The van der Waals surface area contributed by atoms with Gasteiger partial charge in [-0.05, 0) is 39.7 Å². The van der Waals surface area contributed by atoms with Gasteiger partial charge in [0.2, 0.25) is 0 Å². The SMILES string of the molecule is COC(C)(C)CCN1CC(C)(C)NCC1c1ccccc1. The summed E-state index contributed by atoms with van der Waals surface area (Å²) in [5, 5.41) is 3.68. The summed E-state index contributed by atoms with van der Waals surface area (Å²) in [4.78, 5) is 2.60. The molecule has 21 heavy (non-hydrogen) atoms. The van der Waals surface area contributed by atoms with Crippen LogP contribution in [0.2, 0.25) is 0 Å². The van der Waals surface area contributed by atoms with Gasteiger partial charge in [0.05, 0.1) is 5.60 Å². The standard InChI is InChI=1S/C18H30N2O/c1-17(2)14-20(12-11-18(3,4)21-5)16(13-19-17)15-9-7-6-8-10-15/h6-10,16,19H,11-14H2,1-5H3.